The van der Waals surface area contributed by atoms with Gasteiger partial charge in [-0.1, -0.05) is 36.8 Å². The minimum absolute atomic E-state index is 0.0413. The summed E-state index contributed by atoms with van der Waals surface area (Å²) in [7, 11) is 0. The molecule has 2 aliphatic rings. The average Bonchev–Trinajstić information content (AvgIpc) is 2.52. The molecule has 1 saturated carbocycles. The largest absolute Gasteiger partial charge is 0.342 e. The molecule has 2 fully saturated rings. The molecule has 0 spiro atoms. The number of thioether (sulfide) groups is 1. The maximum absolute atomic E-state index is 13.0. The zero-order chi connectivity index (χ0) is 17.2. The molecule has 3 rings (SSSR count). The van der Waals surface area contributed by atoms with Crippen LogP contribution in [0.3, 0.4) is 0 Å². The van der Waals surface area contributed by atoms with Gasteiger partial charge in [0.1, 0.15) is 6.04 Å². The summed E-state index contributed by atoms with van der Waals surface area (Å²) in [5.74, 6) is 1.27. The van der Waals surface area contributed by atoms with Crippen molar-refractivity contribution in [3.8, 4) is 0 Å². The molecule has 4 nitrogen and oxygen atoms in total. The Labute approximate surface area is 148 Å². The lowest BCUT2D eigenvalue weighted by atomic mass is 9.85. The molecule has 1 saturated heterocycles. The average molecular weight is 346 g/mol. The quantitative estimate of drug-likeness (QED) is 0.892. The monoisotopic (exact) mass is 346 g/mol. The van der Waals surface area contributed by atoms with Crippen molar-refractivity contribution in [2.75, 3.05) is 12.3 Å². The van der Waals surface area contributed by atoms with Crippen molar-refractivity contribution in [2.45, 2.75) is 50.4 Å². The van der Waals surface area contributed by atoms with E-state index in [1.165, 1.54) is 19.3 Å². The third kappa shape index (κ3) is 3.94. The second kappa shape index (κ2) is 7.18. The highest BCUT2D eigenvalue weighted by Gasteiger charge is 2.39. The predicted molar refractivity (Wildman–Crippen MR) is 97.7 cm³/mol. The van der Waals surface area contributed by atoms with Crippen LogP contribution in [-0.4, -0.2) is 39.8 Å². The Balaban J connectivity index is 1.69. The van der Waals surface area contributed by atoms with Crippen molar-refractivity contribution in [2.24, 2.45) is 5.92 Å². The minimum Gasteiger partial charge on any atom is -0.342 e. The number of hydrogen-bond donors (Lipinski definition) is 1. The maximum atomic E-state index is 13.0. The molecule has 5 heteroatoms. The lowest BCUT2D eigenvalue weighted by Gasteiger charge is -2.38. The van der Waals surface area contributed by atoms with E-state index in [9.17, 15) is 9.59 Å². The number of rotatable bonds is 5. The van der Waals surface area contributed by atoms with Crippen LogP contribution in [0.15, 0.2) is 30.3 Å². The molecule has 0 radical (unpaired) electrons. The predicted octanol–water partition coefficient (Wildman–Crippen LogP) is 2.83. The molecule has 0 bridgehead atoms. The summed E-state index contributed by atoms with van der Waals surface area (Å²) in [6.07, 6.45) is 3.68. The lowest BCUT2D eigenvalue weighted by Crippen LogP contribution is -2.58. The number of benzene rings is 1. The van der Waals surface area contributed by atoms with Gasteiger partial charge in [-0.05, 0) is 38.2 Å². The van der Waals surface area contributed by atoms with E-state index in [1.807, 2.05) is 36.9 Å². The highest BCUT2D eigenvalue weighted by molar-refractivity contribution is 8.01. The number of carbonyl (C=O) groups excluding carboxylic acids is 2. The van der Waals surface area contributed by atoms with Gasteiger partial charge < -0.3 is 10.2 Å². The van der Waals surface area contributed by atoms with E-state index in [1.54, 1.807) is 11.8 Å². The van der Waals surface area contributed by atoms with Gasteiger partial charge in [0.05, 0.1) is 4.75 Å². The second-order valence-electron chi connectivity index (χ2n) is 7.35. The fourth-order valence-corrected chi connectivity index (χ4v) is 4.11. The van der Waals surface area contributed by atoms with Gasteiger partial charge in [0.25, 0.3) is 0 Å². The molecular formula is C19H26N2O2S. The molecule has 1 N–H and O–H groups in total. The molecule has 2 amide bonds. The van der Waals surface area contributed by atoms with E-state index in [4.69, 9.17) is 0 Å². The number of nitrogens with zero attached hydrogens (tertiary/aromatic N) is 1. The maximum Gasteiger partial charge on any atom is 0.246 e. The number of nitrogens with one attached hydrogen (secondary N) is 1. The van der Waals surface area contributed by atoms with E-state index in [0.717, 1.165) is 12.1 Å². The first kappa shape index (κ1) is 17.3. The van der Waals surface area contributed by atoms with E-state index >= 15 is 0 Å². The van der Waals surface area contributed by atoms with Gasteiger partial charge in [0, 0.05) is 18.8 Å². The molecule has 1 heterocycles. The molecule has 0 aromatic heterocycles. The Kier molecular flexibility index (Phi) is 5.18. The van der Waals surface area contributed by atoms with Gasteiger partial charge in [-0.25, -0.2) is 0 Å². The van der Waals surface area contributed by atoms with E-state index < -0.39 is 10.8 Å². The Bertz CT molecular complexity index is 599. The summed E-state index contributed by atoms with van der Waals surface area (Å²) < 4.78 is -0.449. The summed E-state index contributed by atoms with van der Waals surface area (Å²) in [5.41, 5.74) is 1.14. The van der Waals surface area contributed by atoms with Crippen LogP contribution in [0.4, 0.5) is 0 Å². The highest BCUT2D eigenvalue weighted by Crippen LogP contribution is 2.31. The van der Waals surface area contributed by atoms with E-state index in [0.29, 0.717) is 18.2 Å². The first-order chi connectivity index (χ1) is 11.5. The van der Waals surface area contributed by atoms with Crippen LogP contribution in [0.5, 0.6) is 0 Å². The fraction of sp³-hybridized carbons (Fsp3) is 0.579. The van der Waals surface area contributed by atoms with Gasteiger partial charge in [0.2, 0.25) is 11.8 Å². The van der Waals surface area contributed by atoms with Crippen molar-refractivity contribution in [3.05, 3.63) is 35.9 Å². The zero-order valence-corrected chi connectivity index (χ0v) is 15.3. The summed E-state index contributed by atoms with van der Waals surface area (Å²) in [6, 6.07) is 9.70. The van der Waals surface area contributed by atoms with Crippen LogP contribution in [-0.2, 0) is 16.1 Å². The fourth-order valence-electron chi connectivity index (χ4n) is 3.11. The van der Waals surface area contributed by atoms with Crippen LogP contribution in [0.25, 0.3) is 0 Å². The molecule has 1 aliphatic carbocycles. The van der Waals surface area contributed by atoms with Gasteiger partial charge in [0.15, 0.2) is 0 Å². The second-order valence-corrected chi connectivity index (χ2v) is 8.99. The van der Waals surface area contributed by atoms with Crippen molar-refractivity contribution in [3.63, 3.8) is 0 Å². The third-order valence-electron chi connectivity index (χ3n) is 4.99. The SMILES string of the molecule is CC1(C)SC[C@H](C(=O)N(Cc2ccccc2)CC2CCC2)NC1=O. The number of carbonyl (C=O) groups is 2. The van der Waals surface area contributed by atoms with Crippen LogP contribution >= 0.6 is 11.8 Å². The van der Waals surface area contributed by atoms with Crippen LogP contribution < -0.4 is 5.32 Å². The van der Waals surface area contributed by atoms with Gasteiger partial charge >= 0.3 is 0 Å². The molecule has 1 aliphatic heterocycles. The van der Waals surface area contributed by atoms with Crippen LogP contribution in [0.2, 0.25) is 0 Å². The Morgan fingerprint density at radius 1 is 1.29 bits per heavy atom. The summed E-state index contributed by atoms with van der Waals surface area (Å²) in [4.78, 5) is 27.2. The Morgan fingerprint density at radius 2 is 2.00 bits per heavy atom. The molecule has 24 heavy (non-hydrogen) atoms. The van der Waals surface area contributed by atoms with E-state index in [-0.39, 0.29) is 11.8 Å². The molecule has 1 aromatic carbocycles. The van der Waals surface area contributed by atoms with E-state index in [2.05, 4.69) is 17.4 Å². The molecule has 0 unspecified atom stereocenters. The van der Waals surface area contributed by atoms with Crippen molar-refractivity contribution in [1.82, 2.24) is 10.2 Å². The molecule has 130 valence electrons. The lowest BCUT2D eigenvalue weighted by molar-refractivity contribution is -0.138. The number of amides is 2. The molecule has 1 atom stereocenters. The third-order valence-corrected chi connectivity index (χ3v) is 6.40. The molecular weight excluding hydrogens is 320 g/mol. The van der Waals surface area contributed by atoms with Crippen molar-refractivity contribution < 1.29 is 9.59 Å². The zero-order valence-electron chi connectivity index (χ0n) is 14.5. The topological polar surface area (TPSA) is 49.4 Å². The van der Waals surface area contributed by atoms with Crippen LogP contribution in [0, 0.1) is 5.92 Å². The minimum atomic E-state index is -0.449. The van der Waals surface area contributed by atoms with Crippen molar-refractivity contribution >= 4 is 23.6 Å². The van der Waals surface area contributed by atoms with Gasteiger partial charge in [-0.3, -0.25) is 9.59 Å². The smallest absolute Gasteiger partial charge is 0.246 e. The first-order valence-electron chi connectivity index (χ1n) is 8.73. The summed E-state index contributed by atoms with van der Waals surface area (Å²) in [6.45, 7) is 5.23. The molecule has 1 aromatic rings. The van der Waals surface area contributed by atoms with Gasteiger partial charge in [-0.15, -0.1) is 11.8 Å². The van der Waals surface area contributed by atoms with Crippen molar-refractivity contribution in [1.29, 1.82) is 0 Å². The summed E-state index contributed by atoms with van der Waals surface area (Å²) >= 11 is 1.57. The summed E-state index contributed by atoms with van der Waals surface area (Å²) in [5, 5.41) is 2.93. The standard InChI is InChI=1S/C19H26N2O2S/c1-19(2)18(23)20-16(13-24-19)17(22)21(12-15-9-6-10-15)11-14-7-4-3-5-8-14/h3-5,7-8,15-16H,6,9-13H2,1-2H3,(H,20,23)/t16-/m1/s1. The Morgan fingerprint density at radius 3 is 2.58 bits per heavy atom. The highest BCUT2D eigenvalue weighted by atomic mass is 32.2. The van der Waals surface area contributed by atoms with Crippen LogP contribution in [0.1, 0.15) is 38.7 Å². The first-order valence-corrected chi connectivity index (χ1v) is 9.72. The number of hydrogen-bond acceptors (Lipinski definition) is 3. The Hall–Kier alpha value is -1.49. The normalized spacial score (nSPS) is 23.2. The van der Waals surface area contributed by atoms with Gasteiger partial charge in [-0.2, -0.15) is 0 Å².